The molecule has 0 spiro atoms. The zero-order valence-electron chi connectivity index (χ0n) is 10.2. The molecule has 0 amide bonds. The summed E-state index contributed by atoms with van der Waals surface area (Å²) < 4.78 is 5.65. The second-order valence-corrected chi connectivity index (χ2v) is 5.39. The fraction of sp³-hybridized carbons (Fsp3) is 0.200. The Morgan fingerprint density at radius 3 is 2.95 bits per heavy atom. The van der Waals surface area contributed by atoms with Gasteiger partial charge in [0.05, 0.1) is 11.5 Å². The molecule has 0 unspecified atom stereocenters. The summed E-state index contributed by atoms with van der Waals surface area (Å²) >= 11 is 7.48. The Bertz CT molecular complexity index is 595. The average Bonchev–Trinajstić information content (AvgIpc) is 2.85. The van der Waals surface area contributed by atoms with Gasteiger partial charge in [0.1, 0.15) is 12.4 Å². The third-order valence-corrected chi connectivity index (χ3v) is 3.50. The molecule has 19 heavy (non-hydrogen) atoms. The van der Waals surface area contributed by atoms with Crippen LogP contribution in [0, 0.1) is 11.8 Å². The first kappa shape index (κ1) is 14.0. The van der Waals surface area contributed by atoms with E-state index in [0.717, 1.165) is 15.5 Å². The largest absolute Gasteiger partial charge is 0.488 e. The van der Waals surface area contributed by atoms with E-state index in [9.17, 15) is 0 Å². The van der Waals surface area contributed by atoms with Gasteiger partial charge in [0.15, 0.2) is 0 Å². The quantitative estimate of drug-likeness (QED) is 0.871. The number of rotatable bonds is 4. The van der Waals surface area contributed by atoms with E-state index in [0.29, 0.717) is 18.1 Å². The van der Waals surface area contributed by atoms with Crippen LogP contribution in [0.1, 0.15) is 16.2 Å². The molecule has 0 aliphatic carbocycles. The van der Waals surface area contributed by atoms with E-state index in [1.165, 1.54) is 0 Å². The van der Waals surface area contributed by atoms with E-state index in [4.69, 9.17) is 21.4 Å². The fourth-order valence-electron chi connectivity index (χ4n) is 1.44. The fourth-order valence-corrected chi connectivity index (χ4v) is 2.42. The van der Waals surface area contributed by atoms with Gasteiger partial charge in [0.2, 0.25) is 0 Å². The number of thiophene rings is 1. The molecule has 4 heteroatoms. The first-order valence-corrected chi connectivity index (χ1v) is 7.04. The number of ether oxygens (including phenoxy) is 1. The number of hydrogen-bond acceptors (Lipinski definition) is 3. The van der Waals surface area contributed by atoms with Crippen molar-refractivity contribution in [2.24, 2.45) is 0 Å². The molecule has 0 saturated carbocycles. The zero-order valence-corrected chi connectivity index (χ0v) is 11.8. The van der Waals surface area contributed by atoms with Gasteiger partial charge >= 0.3 is 0 Å². The van der Waals surface area contributed by atoms with Crippen molar-refractivity contribution >= 4 is 22.9 Å². The van der Waals surface area contributed by atoms with Gasteiger partial charge in [-0.05, 0) is 30.3 Å². The van der Waals surface area contributed by atoms with Crippen LogP contribution >= 0.6 is 22.9 Å². The van der Waals surface area contributed by atoms with Crippen LogP contribution in [0.5, 0.6) is 5.75 Å². The van der Waals surface area contributed by atoms with Gasteiger partial charge in [-0.25, -0.2) is 0 Å². The van der Waals surface area contributed by atoms with E-state index < -0.39 is 0 Å². The Labute approximate surface area is 121 Å². The first-order valence-electron chi connectivity index (χ1n) is 5.85. The van der Waals surface area contributed by atoms with Gasteiger partial charge < -0.3 is 9.84 Å². The maximum atomic E-state index is 8.65. The van der Waals surface area contributed by atoms with Crippen LogP contribution in [0.25, 0.3) is 0 Å². The summed E-state index contributed by atoms with van der Waals surface area (Å²) in [6.45, 7) is 0.607. The summed E-state index contributed by atoms with van der Waals surface area (Å²) in [5, 5.41) is 9.32. The van der Waals surface area contributed by atoms with Crippen molar-refractivity contribution in [3.8, 4) is 17.6 Å². The number of aliphatic hydroxyl groups excluding tert-OH is 1. The molecule has 1 heterocycles. The van der Waals surface area contributed by atoms with E-state index in [1.54, 1.807) is 17.4 Å². The lowest BCUT2D eigenvalue weighted by atomic mass is 10.3. The molecule has 0 aliphatic heterocycles. The molecule has 1 aromatic carbocycles. The molecule has 0 aliphatic rings. The van der Waals surface area contributed by atoms with Gasteiger partial charge in [-0.2, -0.15) is 0 Å². The van der Waals surface area contributed by atoms with E-state index in [-0.39, 0.29) is 6.61 Å². The highest BCUT2D eigenvalue weighted by Crippen LogP contribution is 2.21. The maximum absolute atomic E-state index is 8.65. The van der Waals surface area contributed by atoms with E-state index in [1.807, 2.05) is 30.3 Å². The number of benzene rings is 1. The van der Waals surface area contributed by atoms with Crippen molar-refractivity contribution in [2.75, 3.05) is 6.61 Å². The van der Waals surface area contributed by atoms with Crippen LogP contribution < -0.4 is 4.74 Å². The molecule has 1 N–H and O–H groups in total. The zero-order chi connectivity index (χ0) is 13.5. The first-order chi connectivity index (χ1) is 9.28. The van der Waals surface area contributed by atoms with Crippen LogP contribution in [-0.2, 0) is 6.61 Å². The summed E-state index contributed by atoms with van der Waals surface area (Å²) in [5.74, 6) is 6.66. The highest BCUT2D eigenvalue weighted by Gasteiger charge is 2.00. The minimum Gasteiger partial charge on any atom is -0.488 e. The molecule has 2 nitrogen and oxygen atoms in total. The minimum absolute atomic E-state index is 0.100. The predicted octanol–water partition coefficient (Wildman–Crippen LogP) is 3.71. The number of halogens is 1. The summed E-state index contributed by atoms with van der Waals surface area (Å²) in [6, 6.07) is 11.3. The van der Waals surface area contributed by atoms with Crippen molar-refractivity contribution in [3.05, 3.63) is 51.2 Å². The minimum atomic E-state index is 0.100. The third-order valence-electron chi connectivity index (χ3n) is 2.29. The standard InChI is InChI=1S/C15H13ClO2S/c16-12-4-3-5-13(10-12)18-11-15-8-7-14(19-15)6-1-2-9-17/h3-5,7-8,10,17H,2,9,11H2. The molecule has 0 bridgehead atoms. The van der Waals surface area contributed by atoms with E-state index in [2.05, 4.69) is 11.8 Å². The van der Waals surface area contributed by atoms with Crippen molar-refractivity contribution in [1.29, 1.82) is 0 Å². The molecule has 0 atom stereocenters. The number of hydrogen-bond donors (Lipinski definition) is 1. The topological polar surface area (TPSA) is 29.5 Å². The molecular formula is C15H13ClO2S. The lowest BCUT2D eigenvalue weighted by Gasteiger charge is -2.04. The molecule has 0 saturated heterocycles. The highest BCUT2D eigenvalue weighted by molar-refractivity contribution is 7.12. The van der Waals surface area contributed by atoms with Crippen molar-refractivity contribution < 1.29 is 9.84 Å². The van der Waals surface area contributed by atoms with Crippen LogP contribution in [0.3, 0.4) is 0 Å². The van der Waals surface area contributed by atoms with Crippen LogP contribution in [0.4, 0.5) is 0 Å². The van der Waals surface area contributed by atoms with Gasteiger partial charge in [-0.15, -0.1) is 11.3 Å². The maximum Gasteiger partial charge on any atom is 0.122 e. The average molecular weight is 293 g/mol. The summed E-state index contributed by atoms with van der Waals surface area (Å²) in [4.78, 5) is 2.09. The Hall–Kier alpha value is -1.47. The summed E-state index contributed by atoms with van der Waals surface area (Å²) in [7, 11) is 0. The predicted molar refractivity (Wildman–Crippen MR) is 78.7 cm³/mol. The molecule has 0 fully saturated rings. The lowest BCUT2D eigenvalue weighted by molar-refractivity contribution is 0.305. The second kappa shape index (κ2) is 7.20. The summed E-state index contributed by atoms with van der Waals surface area (Å²) in [5.41, 5.74) is 0. The lowest BCUT2D eigenvalue weighted by Crippen LogP contribution is -1.92. The second-order valence-electron chi connectivity index (χ2n) is 3.79. The van der Waals surface area contributed by atoms with Crippen LogP contribution in [0.2, 0.25) is 5.02 Å². The molecular weight excluding hydrogens is 280 g/mol. The molecule has 1 aromatic heterocycles. The normalized spacial score (nSPS) is 9.79. The Morgan fingerprint density at radius 2 is 2.16 bits per heavy atom. The number of aliphatic hydroxyl groups is 1. The smallest absolute Gasteiger partial charge is 0.122 e. The van der Waals surface area contributed by atoms with Crippen molar-refractivity contribution in [2.45, 2.75) is 13.0 Å². The van der Waals surface area contributed by atoms with Gasteiger partial charge in [-0.3, -0.25) is 0 Å². The van der Waals surface area contributed by atoms with Gasteiger partial charge in [0, 0.05) is 16.3 Å². The van der Waals surface area contributed by atoms with Crippen molar-refractivity contribution in [1.82, 2.24) is 0 Å². The Morgan fingerprint density at radius 1 is 1.26 bits per heavy atom. The molecule has 2 rings (SSSR count). The Balaban J connectivity index is 1.92. The van der Waals surface area contributed by atoms with Crippen LogP contribution in [-0.4, -0.2) is 11.7 Å². The van der Waals surface area contributed by atoms with Crippen molar-refractivity contribution in [3.63, 3.8) is 0 Å². The molecule has 2 aromatic rings. The van der Waals surface area contributed by atoms with Crippen LogP contribution in [0.15, 0.2) is 36.4 Å². The highest BCUT2D eigenvalue weighted by atomic mass is 35.5. The SMILES string of the molecule is OCCC#Cc1ccc(COc2cccc(Cl)c2)s1. The van der Waals surface area contributed by atoms with E-state index >= 15 is 0 Å². The summed E-state index contributed by atoms with van der Waals surface area (Å²) in [6.07, 6.45) is 0.506. The van der Waals surface area contributed by atoms with Gasteiger partial charge in [-0.1, -0.05) is 29.5 Å². The van der Waals surface area contributed by atoms with Gasteiger partial charge in [0.25, 0.3) is 0 Å². The molecule has 0 radical (unpaired) electrons. The Kier molecular flexibility index (Phi) is 5.29. The monoisotopic (exact) mass is 292 g/mol. The molecule has 98 valence electrons. The third kappa shape index (κ3) is 4.60.